The van der Waals surface area contributed by atoms with Gasteiger partial charge >= 0.3 is 0 Å². The van der Waals surface area contributed by atoms with Crippen LogP contribution in [0.15, 0.2) is 54.7 Å². The van der Waals surface area contributed by atoms with Gasteiger partial charge in [-0.1, -0.05) is 24.3 Å². The number of fused-ring (bicyclic) bond motifs is 1. The number of aromatic nitrogens is 5. The van der Waals surface area contributed by atoms with Crippen LogP contribution in [0.25, 0.3) is 17.0 Å². The summed E-state index contributed by atoms with van der Waals surface area (Å²) in [5.41, 5.74) is 3.32. The smallest absolute Gasteiger partial charge is 0.272 e. The number of nitrogens with one attached hydrogen (secondary N) is 1. The number of amides is 1. The van der Waals surface area contributed by atoms with E-state index in [2.05, 4.69) is 37.7 Å². The van der Waals surface area contributed by atoms with E-state index in [9.17, 15) is 4.79 Å². The molecule has 2 aromatic heterocycles. The number of carbonyl (C=O) groups excluding carboxylic acids is 1. The molecule has 1 saturated carbocycles. The number of methoxy groups -OCH3 is 1. The minimum atomic E-state index is -0.179. The van der Waals surface area contributed by atoms with Gasteiger partial charge in [0.05, 0.1) is 24.4 Å². The molecule has 5 rings (SSSR count). The number of ether oxygens (including phenoxy) is 1. The number of benzene rings is 2. The first-order chi connectivity index (χ1) is 14.6. The number of carbonyl (C=O) groups is 1. The number of hydrogen-bond acceptors (Lipinski definition) is 6. The standard InChI is InChI=1S/C22H20N6O2/c1-14(29)24-17-7-3-15(4-8-17)19-13-23-28-20(26-27-21(28)25-19)22(11-12-22)16-5-9-18(30-2)10-6-16/h3-10,13H,11-12H2,1-2H3,(H,24,29). The van der Waals surface area contributed by atoms with Crippen LogP contribution in [-0.2, 0) is 10.2 Å². The first kappa shape index (κ1) is 18.2. The van der Waals surface area contributed by atoms with Gasteiger partial charge < -0.3 is 10.1 Å². The van der Waals surface area contributed by atoms with Gasteiger partial charge in [-0.15, -0.1) is 10.2 Å². The van der Waals surface area contributed by atoms with Crippen LogP contribution in [0.2, 0.25) is 0 Å². The summed E-state index contributed by atoms with van der Waals surface area (Å²) in [5.74, 6) is 2.00. The van der Waals surface area contributed by atoms with Gasteiger partial charge in [0.15, 0.2) is 5.82 Å². The van der Waals surface area contributed by atoms with Gasteiger partial charge in [-0.2, -0.15) is 9.61 Å². The molecule has 0 spiro atoms. The fourth-order valence-electron chi connectivity index (χ4n) is 3.74. The Balaban J connectivity index is 1.47. The van der Waals surface area contributed by atoms with Gasteiger partial charge in [-0.3, -0.25) is 4.79 Å². The number of rotatable bonds is 5. The summed E-state index contributed by atoms with van der Waals surface area (Å²) >= 11 is 0. The lowest BCUT2D eigenvalue weighted by Gasteiger charge is -2.14. The van der Waals surface area contributed by atoms with Crippen molar-refractivity contribution >= 4 is 17.4 Å². The molecule has 2 aromatic carbocycles. The highest BCUT2D eigenvalue weighted by molar-refractivity contribution is 5.88. The highest BCUT2D eigenvalue weighted by atomic mass is 16.5. The Hall–Kier alpha value is -3.81. The minimum Gasteiger partial charge on any atom is -0.497 e. The minimum absolute atomic E-state index is 0.106. The zero-order chi connectivity index (χ0) is 20.7. The molecular formula is C22H20N6O2. The fourth-order valence-corrected chi connectivity index (χ4v) is 3.74. The van der Waals surface area contributed by atoms with Crippen molar-refractivity contribution in [1.82, 2.24) is 24.8 Å². The highest BCUT2D eigenvalue weighted by Crippen LogP contribution is 2.52. The van der Waals surface area contributed by atoms with Gasteiger partial charge in [0.25, 0.3) is 5.78 Å². The van der Waals surface area contributed by atoms with E-state index in [1.54, 1.807) is 17.8 Å². The second kappa shape index (κ2) is 6.91. The zero-order valence-electron chi connectivity index (χ0n) is 16.7. The Morgan fingerprint density at radius 2 is 1.80 bits per heavy atom. The van der Waals surface area contributed by atoms with Crippen LogP contribution in [0.1, 0.15) is 31.2 Å². The second-order valence-electron chi connectivity index (χ2n) is 7.45. The third kappa shape index (κ3) is 3.06. The van der Waals surface area contributed by atoms with Crippen molar-refractivity contribution in [3.8, 4) is 17.0 Å². The number of hydrogen-bond donors (Lipinski definition) is 1. The summed E-state index contributed by atoms with van der Waals surface area (Å²) in [6.45, 7) is 1.48. The first-order valence-corrected chi connectivity index (χ1v) is 9.70. The van der Waals surface area contributed by atoms with Gasteiger partial charge in [-0.25, -0.2) is 4.98 Å². The summed E-state index contributed by atoms with van der Waals surface area (Å²) in [6, 6.07) is 15.5. The van der Waals surface area contributed by atoms with Crippen molar-refractivity contribution in [1.29, 1.82) is 0 Å². The largest absolute Gasteiger partial charge is 0.497 e. The van der Waals surface area contributed by atoms with Crippen LogP contribution < -0.4 is 10.1 Å². The van der Waals surface area contributed by atoms with Crippen LogP contribution in [-0.4, -0.2) is 37.8 Å². The SMILES string of the molecule is COc1ccc(C2(c3nnc4nc(-c5ccc(NC(C)=O)cc5)cnn34)CC2)cc1. The topological polar surface area (TPSA) is 94.3 Å². The van der Waals surface area contributed by atoms with Crippen molar-refractivity contribution in [3.05, 3.63) is 66.1 Å². The Labute approximate surface area is 172 Å². The van der Waals surface area contributed by atoms with E-state index in [-0.39, 0.29) is 11.3 Å². The second-order valence-corrected chi connectivity index (χ2v) is 7.45. The molecule has 8 nitrogen and oxygen atoms in total. The summed E-state index contributed by atoms with van der Waals surface area (Å²) in [6.07, 6.45) is 3.71. The molecule has 8 heteroatoms. The Bertz CT molecular complexity index is 1230. The molecule has 0 bridgehead atoms. The third-order valence-corrected chi connectivity index (χ3v) is 5.46. The highest BCUT2D eigenvalue weighted by Gasteiger charge is 2.50. The molecule has 0 saturated heterocycles. The molecule has 4 aromatic rings. The fraction of sp³-hybridized carbons (Fsp3) is 0.227. The molecule has 30 heavy (non-hydrogen) atoms. The van der Waals surface area contributed by atoms with Crippen LogP contribution >= 0.6 is 0 Å². The Morgan fingerprint density at radius 3 is 2.43 bits per heavy atom. The van der Waals surface area contributed by atoms with E-state index in [0.29, 0.717) is 11.5 Å². The van der Waals surface area contributed by atoms with Crippen molar-refractivity contribution in [2.75, 3.05) is 12.4 Å². The van der Waals surface area contributed by atoms with E-state index >= 15 is 0 Å². The predicted octanol–water partition coefficient (Wildman–Crippen LogP) is 3.23. The molecule has 0 unspecified atom stereocenters. The average Bonchev–Trinajstić information content (AvgIpc) is 3.46. The molecule has 1 fully saturated rings. The van der Waals surface area contributed by atoms with Crippen LogP contribution in [0, 0.1) is 0 Å². The lowest BCUT2D eigenvalue weighted by atomic mass is 9.95. The van der Waals surface area contributed by atoms with E-state index in [0.717, 1.165) is 35.7 Å². The predicted molar refractivity (Wildman–Crippen MR) is 111 cm³/mol. The van der Waals surface area contributed by atoms with Crippen molar-refractivity contribution < 1.29 is 9.53 Å². The Morgan fingerprint density at radius 1 is 1.07 bits per heavy atom. The van der Waals surface area contributed by atoms with Crippen LogP contribution in [0.5, 0.6) is 5.75 Å². The van der Waals surface area contributed by atoms with Gasteiger partial charge in [0.1, 0.15) is 5.75 Å². The normalized spacial score (nSPS) is 14.5. The summed E-state index contributed by atoms with van der Waals surface area (Å²) < 4.78 is 7.00. The maximum Gasteiger partial charge on any atom is 0.272 e. The van der Waals surface area contributed by atoms with Crippen LogP contribution in [0.3, 0.4) is 0 Å². The molecule has 2 heterocycles. The lowest BCUT2D eigenvalue weighted by molar-refractivity contribution is -0.114. The van der Waals surface area contributed by atoms with Gasteiger partial charge in [-0.05, 0) is 42.7 Å². The van der Waals surface area contributed by atoms with Crippen molar-refractivity contribution in [2.24, 2.45) is 0 Å². The monoisotopic (exact) mass is 400 g/mol. The molecular weight excluding hydrogens is 380 g/mol. The van der Waals surface area contributed by atoms with E-state index in [1.165, 1.54) is 12.5 Å². The maximum absolute atomic E-state index is 11.2. The quantitative estimate of drug-likeness (QED) is 0.553. The van der Waals surface area contributed by atoms with E-state index < -0.39 is 0 Å². The summed E-state index contributed by atoms with van der Waals surface area (Å²) in [7, 11) is 1.66. The Kier molecular flexibility index (Phi) is 4.20. The molecule has 1 aliphatic carbocycles. The lowest BCUT2D eigenvalue weighted by Crippen LogP contribution is -2.15. The van der Waals surface area contributed by atoms with Gasteiger partial charge in [0.2, 0.25) is 5.91 Å². The average molecular weight is 400 g/mol. The maximum atomic E-state index is 11.2. The molecule has 0 aliphatic heterocycles. The number of anilines is 1. The molecule has 1 amide bonds. The molecule has 150 valence electrons. The number of nitrogens with zero attached hydrogens (tertiary/aromatic N) is 5. The first-order valence-electron chi connectivity index (χ1n) is 9.70. The summed E-state index contributed by atoms with van der Waals surface area (Å²) in [5, 5.41) is 16.1. The van der Waals surface area contributed by atoms with Gasteiger partial charge in [0, 0.05) is 18.2 Å². The zero-order valence-corrected chi connectivity index (χ0v) is 16.7. The molecule has 0 radical (unpaired) electrons. The van der Waals surface area contributed by atoms with Crippen LogP contribution in [0.4, 0.5) is 5.69 Å². The molecule has 0 atom stereocenters. The van der Waals surface area contributed by atoms with E-state index in [1.807, 2.05) is 36.4 Å². The molecule has 1 aliphatic rings. The summed E-state index contributed by atoms with van der Waals surface area (Å²) in [4.78, 5) is 15.8. The third-order valence-electron chi connectivity index (χ3n) is 5.46. The van der Waals surface area contributed by atoms with E-state index in [4.69, 9.17) is 4.74 Å². The molecule has 1 N–H and O–H groups in total. The van der Waals surface area contributed by atoms with Crippen molar-refractivity contribution in [2.45, 2.75) is 25.2 Å². The van der Waals surface area contributed by atoms with Crippen molar-refractivity contribution in [3.63, 3.8) is 0 Å².